The maximum absolute atomic E-state index is 12.6. The van der Waals surface area contributed by atoms with E-state index in [1.165, 1.54) is 6.26 Å². The molecule has 3 fully saturated rings. The molecule has 1 aromatic rings. The van der Waals surface area contributed by atoms with Crippen molar-refractivity contribution >= 4 is 17.7 Å². The van der Waals surface area contributed by atoms with Gasteiger partial charge in [-0.05, 0) is 30.4 Å². The molecule has 2 aliphatic carbocycles. The highest BCUT2D eigenvalue weighted by molar-refractivity contribution is 6.05. The van der Waals surface area contributed by atoms with Crippen LogP contribution in [0, 0.1) is 23.7 Å². The summed E-state index contributed by atoms with van der Waals surface area (Å²) >= 11 is 0. The van der Waals surface area contributed by atoms with Crippen LogP contribution in [-0.2, 0) is 14.4 Å². The molecule has 1 saturated carbocycles. The Balaban J connectivity index is 1.09. The number of furan rings is 1. The van der Waals surface area contributed by atoms with E-state index in [1.54, 1.807) is 17.0 Å². The molecule has 28 heavy (non-hydrogen) atoms. The summed E-state index contributed by atoms with van der Waals surface area (Å²) in [5, 5.41) is 1.01. The maximum Gasteiger partial charge on any atom is 0.289 e. The molecule has 148 valence electrons. The Morgan fingerprint density at radius 1 is 1.07 bits per heavy atom. The summed E-state index contributed by atoms with van der Waals surface area (Å²) < 4.78 is 5.17. The third-order valence-electron chi connectivity index (χ3n) is 6.45. The smallest absolute Gasteiger partial charge is 0.289 e. The predicted molar refractivity (Wildman–Crippen MR) is 96.6 cm³/mol. The molecule has 4 atom stereocenters. The van der Waals surface area contributed by atoms with Gasteiger partial charge in [-0.2, -0.15) is 5.06 Å². The van der Waals surface area contributed by atoms with Crippen LogP contribution >= 0.6 is 0 Å². The first-order chi connectivity index (χ1) is 13.6. The lowest BCUT2D eigenvalue weighted by molar-refractivity contribution is -0.191. The number of nitrogens with zero attached hydrogens (tertiary/aromatic N) is 3. The highest BCUT2D eigenvalue weighted by Gasteiger charge is 2.60. The van der Waals surface area contributed by atoms with Crippen molar-refractivity contribution in [1.82, 2.24) is 14.9 Å². The van der Waals surface area contributed by atoms with E-state index in [9.17, 15) is 14.4 Å². The Labute approximate surface area is 162 Å². The molecule has 0 radical (unpaired) electrons. The van der Waals surface area contributed by atoms with Crippen LogP contribution in [-0.4, -0.2) is 71.9 Å². The first-order valence-corrected chi connectivity index (χ1v) is 9.87. The van der Waals surface area contributed by atoms with Gasteiger partial charge in [0.25, 0.3) is 17.7 Å². The molecule has 3 amide bonds. The number of fused-ring (bicyclic) bond motifs is 5. The van der Waals surface area contributed by atoms with E-state index in [4.69, 9.17) is 9.25 Å². The molecule has 8 nitrogen and oxygen atoms in total. The van der Waals surface area contributed by atoms with Crippen LogP contribution in [0.4, 0.5) is 0 Å². The van der Waals surface area contributed by atoms with Crippen LogP contribution in [0.5, 0.6) is 0 Å². The zero-order valence-electron chi connectivity index (χ0n) is 15.5. The van der Waals surface area contributed by atoms with Crippen LogP contribution in [0.25, 0.3) is 0 Å². The Hall–Kier alpha value is -2.45. The van der Waals surface area contributed by atoms with Crippen LogP contribution in [0.2, 0.25) is 0 Å². The molecular formula is C20H23N3O5. The van der Waals surface area contributed by atoms with Gasteiger partial charge in [0.2, 0.25) is 0 Å². The van der Waals surface area contributed by atoms with Crippen LogP contribution in [0.1, 0.15) is 17.0 Å². The monoisotopic (exact) mass is 385 g/mol. The number of rotatable bonds is 5. The summed E-state index contributed by atoms with van der Waals surface area (Å²) in [6.07, 6.45) is 6.56. The molecular weight excluding hydrogens is 362 g/mol. The Kier molecular flexibility index (Phi) is 4.32. The number of carbonyl (C=O) groups is 3. The third kappa shape index (κ3) is 2.79. The molecule has 2 saturated heterocycles. The average Bonchev–Trinajstić information content (AvgIpc) is 3.49. The molecule has 0 spiro atoms. The minimum atomic E-state index is -0.223. The molecule has 2 aliphatic heterocycles. The number of allylic oxidation sites excluding steroid dienone is 2. The summed E-state index contributed by atoms with van der Waals surface area (Å²) in [4.78, 5) is 47.0. The van der Waals surface area contributed by atoms with Gasteiger partial charge >= 0.3 is 0 Å². The SMILES string of the molecule is O=C(c1ccco1)N1CCN(CCON2C(=O)C3C(C2=O)[C@H]2C=C[C@@H]3C2)CC1. The lowest BCUT2D eigenvalue weighted by Crippen LogP contribution is -2.49. The normalized spacial score (nSPS) is 31.9. The van der Waals surface area contributed by atoms with Gasteiger partial charge in [0.15, 0.2) is 5.76 Å². The molecule has 2 unspecified atom stereocenters. The molecule has 1 aromatic heterocycles. The van der Waals surface area contributed by atoms with Gasteiger partial charge in [0.1, 0.15) is 0 Å². The van der Waals surface area contributed by atoms with Gasteiger partial charge in [-0.1, -0.05) is 12.2 Å². The summed E-state index contributed by atoms with van der Waals surface area (Å²) in [6.45, 7) is 3.56. The minimum absolute atomic E-state index is 0.0936. The molecule has 0 N–H and O–H groups in total. The lowest BCUT2D eigenvalue weighted by Gasteiger charge is -2.34. The predicted octanol–water partition coefficient (Wildman–Crippen LogP) is 0.776. The van der Waals surface area contributed by atoms with Crippen molar-refractivity contribution in [3.63, 3.8) is 0 Å². The number of piperazine rings is 1. The summed E-state index contributed by atoms with van der Waals surface area (Å²) in [7, 11) is 0. The molecule has 0 aromatic carbocycles. The fraction of sp³-hybridized carbons (Fsp3) is 0.550. The van der Waals surface area contributed by atoms with Crippen molar-refractivity contribution in [3.8, 4) is 0 Å². The van der Waals surface area contributed by atoms with Crippen molar-refractivity contribution < 1.29 is 23.6 Å². The summed E-state index contributed by atoms with van der Waals surface area (Å²) in [5.74, 6) is -0.154. The van der Waals surface area contributed by atoms with Gasteiger partial charge < -0.3 is 9.32 Å². The number of imide groups is 1. The van der Waals surface area contributed by atoms with E-state index in [0.717, 1.165) is 24.6 Å². The maximum atomic E-state index is 12.6. The number of hydroxylamine groups is 2. The van der Waals surface area contributed by atoms with E-state index in [1.807, 2.05) is 0 Å². The van der Waals surface area contributed by atoms with Crippen molar-refractivity contribution in [3.05, 3.63) is 36.3 Å². The minimum Gasteiger partial charge on any atom is -0.459 e. The first kappa shape index (κ1) is 17.6. The molecule has 8 heteroatoms. The van der Waals surface area contributed by atoms with Gasteiger partial charge in [-0.25, -0.2) is 0 Å². The molecule has 5 rings (SSSR count). The second-order valence-electron chi connectivity index (χ2n) is 7.92. The van der Waals surface area contributed by atoms with E-state index in [-0.39, 0.29) is 48.0 Å². The summed E-state index contributed by atoms with van der Waals surface area (Å²) in [6, 6.07) is 3.38. The molecule has 3 heterocycles. The van der Waals surface area contributed by atoms with Crippen molar-refractivity contribution in [2.24, 2.45) is 23.7 Å². The Morgan fingerprint density at radius 2 is 1.75 bits per heavy atom. The van der Waals surface area contributed by atoms with Gasteiger partial charge in [0.05, 0.1) is 24.7 Å². The van der Waals surface area contributed by atoms with E-state index in [0.29, 0.717) is 25.4 Å². The van der Waals surface area contributed by atoms with E-state index in [2.05, 4.69) is 17.1 Å². The zero-order valence-corrected chi connectivity index (χ0v) is 15.5. The van der Waals surface area contributed by atoms with Crippen LogP contribution in [0.15, 0.2) is 35.0 Å². The number of amides is 3. The molecule has 4 aliphatic rings. The van der Waals surface area contributed by atoms with Gasteiger partial charge in [-0.15, -0.1) is 0 Å². The second kappa shape index (κ2) is 6.86. The molecule has 2 bridgehead atoms. The highest BCUT2D eigenvalue weighted by Crippen LogP contribution is 2.52. The number of carbonyl (C=O) groups excluding carboxylic acids is 3. The highest BCUT2D eigenvalue weighted by atomic mass is 16.7. The lowest BCUT2D eigenvalue weighted by atomic mass is 9.85. The average molecular weight is 385 g/mol. The number of hydrogen-bond acceptors (Lipinski definition) is 6. The zero-order chi connectivity index (χ0) is 19.3. The van der Waals surface area contributed by atoms with Crippen molar-refractivity contribution in [2.75, 3.05) is 39.3 Å². The second-order valence-corrected chi connectivity index (χ2v) is 7.92. The Bertz CT molecular complexity index is 782. The van der Waals surface area contributed by atoms with Crippen LogP contribution < -0.4 is 0 Å². The fourth-order valence-electron chi connectivity index (χ4n) is 4.99. The quantitative estimate of drug-likeness (QED) is 0.550. The standard InChI is InChI=1S/C20H23N3O5/c24-18(15-2-1-10-27-15)22-7-5-21(6-8-22)9-11-28-23-19(25)16-13-3-4-14(12-13)17(16)20(23)26/h1-4,10,13-14,16-17H,5-9,11-12H2/t13-,14+,16?,17?. The first-order valence-electron chi connectivity index (χ1n) is 9.87. The van der Waals surface area contributed by atoms with Gasteiger partial charge in [-0.3, -0.25) is 24.1 Å². The fourth-order valence-corrected chi connectivity index (χ4v) is 4.99. The van der Waals surface area contributed by atoms with E-state index < -0.39 is 0 Å². The third-order valence-corrected chi connectivity index (χ3v) is 6.45. The van der Waals surface area contributed by atoms with E-state index >= 15 is 0 Å². The van der Waals surface area contributed by atoms with Gasteiger partial charge in [0, 0.05) is 32.7 Å². The van der Waals surface area contributed by atoms with Crippen molar-refractivity contribution in [1.29, 1.82) is 0 Å². The largest absolute Gasteiger partial charge is 0.459 e. The Morgan fingerprint density at radius 3 is 2.36 bits per heavy atom. The topological polar surface area (TPSA) is 83.3 Å². The van der Waals surface area contributed by atoms with Crippen molar-refractivity contribution in [2.45, 2.75) is 6.42 Å². The summed E-state index contributed by atoms with van der Waals surface area (Å²) in [5.41, 5.74) is 0. The number of hydrogen-bond donors (Lipinski definition) is 0. The van der Waals surface area contributed by atoms with Crippen LogP contribution in [0.3, 0.4) is 0 Å².